The van der Waals surface area contributed by atoms with Crippen molar-refractivity contribution in [2.24, 2.45) is 9.98 Å². The van der Waals surface area contributed by atoms with Crippen molar-refractivity contribution in [3.63, 3.8) is 0 Å². The van der Waals surface area contributed by atoms with Gasteiger partial charge in [-0.05, 0) is 31.0 Å². The minimum atomic E-state index is 0.266. The zero-order valence-electron chi connectivity index (χ0n) is 8.93. The molecule has 0 fully saturated rings. The van der Waals surface area contributed by atoms with Gasteiger partial charge in [-0.15, -0.1) is 0 Å². The fourth-order valence-corrected chi connectivity index (χ4v) is 2.08. The van der Waals surface area contributed by atoms with Crippen LogP contribution in [0.15, 0.2) is 28.2 Å². The first-order valence-corrected chi connectivity index (χ1v) is 5.53. The summed E-state index contributed by atoms with van der Waals surface area (Å²) in [6, 6.07) is 5.22. The summed E-state index contributed by atoms with van der Waals surface area (Å²) in [6.07, 6.45) is 4.08. The van der Waals surface area contributed by atoms with Crippen LogP contribution in [0.2, 0.25) is 0 Å². The molecule has 2 aliphatic heterocycles. The van der Waals surface area contributed by atoms with Crippen LogP contribution in [0.4, 0.5) is 5.69 Å². The molecular formula is C12H13N3O. The molecule has 1 N–H and O–H groups in total. The molecule has 1 aromatic carbocycles. The van der Waals surface area contributed by atoms with Gasteiger partial charge >= 0.3 is 0 Å². The number of hydrogen-bond acceptors (Lipinski definition) is 4. The Kier molecular flexibility index (Phi) is 2.13. The van der Waals surface area contributed by atoms with Gasteiger partial charge in [-0.2, -0.15) is 0 Å². The quantitative estimate of drug-likeness (QED) is 0.718. The lowest BCUT2D eigenvalue weighted by molar-refractivity contribution is 0.475. The highest BCUT2D eigenvalue weighted by Gasteiger charge is 2.21. The van der Waals surface area contributed by atoms with E-state index in [9.17, 15) is 5.11 Å². The van der Waals surface area contributed by atoms with Crippen LogP contribution < -0.4 is 0 Å². The van der Waals surface area contributed by atoms with E-state index in [2.05, 4.69) is 14.9 Å². The Morgan fingerprint density at radius 1 is 1.25 bits per heavy atom. The van der Waals surface area contributed by atoms with Crippen molar-refractivity contribution in [2.75, 3.05) is 13.1 Å². The molecule has 4 nitrogen and oxygen atoms in total. The average Bonchev–Trinajstić information content (AvgIpc) is 2.54. The van der Waals surface area contributed by atoms with Gasteiger partial charge in [0.1, 0.15) is 11.6 Å². The van der Waals surface area contributed by atoms with Gasteiger partial charge in [-0.1, -0.05) is 0 Å². The molecule has 2 heterocycles. The van der Waals surface area contributed by atoms with Gasteiger partial charge in [0.05, 0.1) is 12.0 Å². The molecular weight excluding hydrogens is 202 g/mol. The molecule has 0 unspecified atom stereocenters. The first kappa shape index (κ1) is 9.39. The number of fused-ring (bicyclic) bond motifs is 3. The molecule has 2 aliphatic rings. The fraction of sp³-hybridized carbons (Fsp3) is 0.333. The van der Waals surface area contributed by atoms with Crippen LogP contribution in [-0.2, 0) is 0 Å². The van der Waals surface area contributed by atoms with Gasteiger partial charge in [-0.25, -0.2) is 4.99 Å². The first-order valence-electron chi connectivity index (χ1n) is 5.53. The van der Waals surface area contributed by atoms with Crippen molar-refractivity contribution in [3.05, 3.63) is 23.8 Å². The van der Waals surface area contributed by atoms with Crippen LogP contribution in [0, 0.1) is 0 Å². The maximum Gasteiger partial charge on any atom is 0.138 e. The van der Waals surface area contributed by atoms with E-state index in [1.165, 1.54) is 0 Å². The Morgan fingerprint density at radius 3 is 3.12 bits per heavy atom. The Morgan fingerprint density at radius 2 is 2.19 bits per heavy atom. The van der Waals surface area contributed by atoms with E-state index in [4.69, 9.17) is 0 Å². The van der Waals surface area contributed by atoms with E-state index in [0.717, 1.165) is 43.0 Å². The molecule has 0 atom stereocenters. The average molecular weight is 215 g/mol. The SMILES string of the molecule is Oc1ccc2c(c1)C1=NCCCCN1C=N2. The van der Waals surface area contributed by atoms with Gasteiger partial charge in [0.2, 0.25) is 0 Å². The van der Waals surface area contributed by atoms with Gasteiger partial charge in [-0.3, -0.25) is 4.99 Å². The first-order chi connectivity index (χ1) is 7.84. The van der Waals surface area contributed by atoms with E-state index >= 15 is 0 Å². The highest BCUT2D eigenvalue weighted by atomic mass is 16.3. The molecule has 0 spiro atoms. The number of hydrogen-bond donors (Lipinski definition) is 1. The molecule has 3 rings (SSSR count). The summed E-state index contributed by atoms with van der Waals surface area (Å²) in [5.74, 6) is 1.21. The van der Waals surface area contributed by atoms with Crippen molar-refractivity contribution < 1.29 is 5.11 Å². The van der Waals surface area contributed by atoms with Crippen molar-refractivity contribution in [3.8, 4) is 5.75 Å². The van der Waals surface area contributed by atoms with E-state index < -0.39 is 0 Å². The molecule has 0 saturated carbocycles. The minimum Gasteiger partial charge on any atom is -0.508 e. The van der Waals surface area contributed by atoms with E-state index in [0.29, 0.717) is 0 Å². The van der Waals surface area contributed by atoms with Crippen LogP contribution in [0.25, 0.3) is 0 Å². The summed E-state index contributed by atoms with van der Waals surface area (Å²) in [5.41, 5.74) is 1.82. The molecule has 0 bridgehead atoms. The summed E-state index contributed by atoms with van der Waals surface area (Å²) < 4.78 is 0. The number of rotatable bonds is 0. The normalized spacial score (nSPS) is 18.5. The van der Waals surface area contributed by atoms with Crippen molar-refractivity contribution in [1.82, 2.24) is 4.90 Å². The molecule has 0 aromatic heterocycles. The number of phenolic OH excluding ortho intramolecular Hbond substituents is 1. The van der Waals surface area contributed by atoms with Crippen LogP contribution in [0.5, 0.6) is 5.75 Å². The smallest absolute Gasteiger partial charge is 0.138 e. The third kappa shape index (κ3) is 1.46. The highest BCUT2D eigenvalue weighted by molar-refractivity contribution is 6.10. The Labute approximate surface area is 94.0 Å². The van der Waals surface area contributed by atoms with Crippen LogP contribution in [0.1, 0.15) is 18.4 Å². The number of amidine groups is 1. The molecule has 82 valence electrons. The van der Waals surface area contributed by atoms with Crippen molar-refractivity contribution >= 4 is 17.9 Å². The van der Waals surface area contributed by atoms with E-state index in [1.807, 2.05) is 12.4 Å². The summed E-state index contributed by atoms with van der Waals surface area (Å²) in [6.45, 7) is 1.81. The van der Waals surface area contributed by atoms with Crippen molar-refractivity contribution in [2.45, 2.75) is 12.8 Å². The lowest BCUT2D eigenvalue weighted by atomic mass is 10.1. The topological polar surface area (TPSA) is 48.2 Å². The second-order valence-corrected chi connectivity index (χ2v) is 4.05. The molecule has 4 heteroatoms. The Bertz CT molecular complexity index is 479. The van der Waals surface area contributed by atoms with Gasteiger partial charge in [0.25, 0.3) is 0 Å². The largest absolute Gasteiger partial charge is 0.508 e. The van der Waals surface area contributed by atoms with Crippen molar-refractivity contribution in [1.29, 1.82) is 0 Å². The number of nitrogens with zero attached hydrogens (tertiary/aromatic N) is 3. The summed E-state index contributed by atoms with van der Waals surface area (Å²) in [5, 5.41) is 9.52. The number of aromatic hydroxyl groups is 1. The monoisotopic (exact) mass is 215 g/mol. The standard InChI is InChI=1S/C12H13N3O/c16-9-3-4-11-10(7-9)12-13-5-1-2-6-15(12)8-14-11/h3-4,7-8,16H,1-2,5-6H2. The maximum atomic E-state index is 9.52. The lowest BCUT2D eigenvalue weighted by Gasteiger charge is -2.24. The third-order valence-corrected chi connectivity index (χ3v) is 2.90. The number of phenols is 1. The summed E-state index contributed by atoms with van der Waals surface area (Å²) >= 11 is 0. The van der Waals surface area contributed by atoms with Gasteiger partial charge < -0.3 is 10.0 Å². The second-order valence-electron chi connectivity index (χ2n) is 4.05. The summed E-state index contributed by atoms with van der Waals surface area (Å²) in [7, 11) is 0. The maximum absolute atomic E-state index is 9.52. The number of aliphatic imine (C=N–C) groups is 2. The molecule has 1 aromatic rings. The molecule has 0 aliphatic carbocycles. The Hall–Kier alpha value is -1.84. The zero-order chi connectivity index (χ0) is 11.0. The van der Waals surface area contributed by atoms with Crippen LogP contribution in [0.3, 0.4) is 0 Å². The van der Waals surface area contributed by atoms with E-state index in [-0.39, 0.29) is 5.75 Å². The Balaban J connectivity index is 2.13. The molecule has 0 saturated heterocycles. The predicted molar refractivity (Wildman–Crippen MR) is 63.6 cm³/mol. The predicted octanol–water partition coefficient (Wildman–Crippen LogP) is 1.91. The molecule has 16 heavy (non-hydrogen) atoms. The lowest BCUT2D eigenvalue weighted by Crippen LogP contribution is -2.32. The van der Waals surface area contributed by atoms with E-state index in [1.54, 1.807) is 12.1 Å². The minimum absolute atomic E-state index is 0.266. The van der Waals surface area contributed by atoms with Gasteiger partial charge in [0.15, 0.2) is 0 Å². The second kappa shape index (κ2) is 3.63. The summed E-state index contributed by atoms with van der Waals surface area (Å²) in [4.78, 5) is 11.0. The zero-order valence-corrected chi connectivity index (χ0v) is 8.93. The molecule has 0 radical (unpaired) electrons. The molecule has 0 amide bonds. The van der Waals surface area contributed by atoms with Crippen LogP contribution in [-0.4, -0.2) is 35.3 Å². The van der Waals surface area contributed by atoms with Crippen LogP contribution >= 0.6 is 0 Å². The highest BCUT2D eigenvalue weighted by Crippen LogP contribution is 2.28. The number of benzene rings is 1. The third-order valence-electron chi connectivity index (χ3n) is 2.90. The van der Waals surface area contributed by atoms with Gasteiger partial charge in [0, 0.05) is 18.7 Å². The fourth-order valence-electron chi connectivity index (χ4n) is 2.08.